The fraction of sp³-hybridized carbons (Fsp3) is 0.500. The Bertz CT molecular complexity index is 1210. The van der Waals surface area contributed by atoms with E-state index in [9.17, 15) is 4.79 Å². The number of anilines is 1. The van der Waals surface area contributed by atoms with Crippen molar-refractivity contribution >= 4 is 34.1 Å². The van der Waals surface area contributed by atoms with Crippen molar-refractivity contribution in [2.45, 2.75) is 65.1 Å². The number of halogens is 1. The van der Waals surface area contributed by atoms with E-state index in [1.807, 2.05) is 30.9 Å². The molecule has 2 aromatic carbocycles. The monoisotopic (exact) mass is 495 g/mol. The Morgan fingerprint density at radius 1 is 1.14 bits per heavy atom. The maximum atomic E-state index is 13.4. The van der Waals surface area contributed by atoms with Crippen molar-refractivity contribution in [3.63, 3.8) is 0 Å². The van der Waals surface area contributed by atoms with Crippen molar-refractivity contribution in [1.29, 1.82) is 0 Å². The molecule has 0 aliphatic heterocycles. The molecule has 1 heterocycles. The average Bonchev–Trinajstić information content (AvgIpc) is 3.21. The van der Waals surface area contributed by atoms with E-state index in [0.717, 1.165) is 52.7 Å². The van der Waals surface area contributed by atoms with Crippen LogP contribution in [0, 0.1) is 13.8 Å². The lowest BCUT2D eigenvalue weighted by atomic mass is 9.89. The summed E-state index contributed by atoms with van der Waals surface area (Å²) in [6, 6.07) is 9.09. The molecule has 1 saturated carbocycles. The molecule has 6 nitrogen and oxygen atoms in total. The van der Waals surface area contributed by atoms with Gasteiger partial charge in [-0.1, -0.05) is 23.7 Å². The molecule has 0 saturated heterocycles. The van der Waals surface area contributed by atoms with Crippen LogP contribution in [0.4, 0.5) is 5.69 Å². The Morgan fingerprint density at radius 3 is 2.49 bits per heavy atom. The van der Waals surface area contributed by atoms with E-state index in [-0.39, 0.29) is 5.91 Å². The number of aryl methyl sites for hydroxylation is 2. The van der Waals surface area contributed by atoms with Gasteiger partial charge in [-0.15, -0.1) is 0 Å². The van der Waals surface area contributed by atoms with Crippen LogP contribution in [0.25, 0.3) is 10.9 Å². The largest absolute Gasteiger partial charge is 0.369 e. The standard InChI is InChI=1S/C28H38ClN5O/c1-7-34(23-12-10-22(11-13-23)32(4)5)26-15-21(29)14-24(19(26)3)28(35)30-16-25-18(2)8-9-20-17-33(6)31-27(20)25/h8-9,14-15,17,22-23H,7,10-13,16H2,1-6H3,(H,30,35)/t22-,23-. The summed E-state index contributed by atoms with van der Waals surface area (Å²) in [5.74, 6) is -0.106. The molecule has 1 aliphatic carbocycles. The first kappa shape index (κ1) is 25.5. The molecule has 4 rings (SSSR count). The highest BCUT2D eigenvalue weighted by Gasteiger charge is 2.28. The minimum atomic E-state index is -0.106. The molecular formula is C28H38ClN5O. The van der Waals surface area contributed by atoms with E-state index < -0.39 is 0 Å². The summed E-state index contributed by atoms with van der Waals surface area (Å²) in [6.07, 6.45) is 6.69. The van der Waals surface area contributed by atoms with Gasteiger partial charge in [-0.25, -0.2) is 0 Å². The summed E-state index contributed by atoms with van der Waals surface area (Å²) in [7, 11) is 6.26. The third kappa shape index (κ3) is 5.34. The van der Waals surface area contributed by atoms with Crippen LogP contribution in [-0.2, 0) is 13.6 Å². The van der Waals surface area contributed by atoms with Crippen LogP contribution in [0.2, 0.25) is 5.02 Å². The zero-order valence-corrected chi connectivity index (χ0v) is 22.6. The first-order chi connectivity index (χ1) is 16.7. The molecular weight excluding hydrogens is 458 g/mol. The molecule has 1 amide bonds. The highest BCUT2D eigenvalue weighted by Crippen LogP contribution is 2.34. The number of hydrogen-bond acceptors (Lipinski definition) is 4. The number of rotatable bonds is 7. The zero-order valence-electron chi connectivity index (χ0n) is 21.9. The number of benzene rings is 2. The summed E-state index contributed by atoms with van der Waals surface area (Å²) < 4.78 is 1.81. The van der Waals surface area contributed by atoms with E-state index in [1.54, 1.807) is 6.07 Å². The molecule has 188 valence electrons. The first-order valence-corrected chi connectivity index (χ1v) is 13.0. The van der Waals surface area contributed by atoms with Gasteiger partial charge >= 0.3 is 0 Å². The van der Waals surface area contributed by atoms with Crippen molar-refractivity contribution in [2.75, 3.05) is 25.5 Å². The maximum Gasteiger partial charge on any atom is 0.251 e. The minimum Gasteiger partial charge on any atom is -0.369 e. The van der Waals surface area contributed by atoms with Gasteiger partial charge in [-0.05, 0) is 83.8 Å². The smallest absolute Gasteiger partial charge is 0.251 e. The quantitative estimate of drug-likeness (QED) is 0.472. The van der Waals surface area contributed by atoms with E-state index in [2.05, 4.69) is 60.3 Å². The highest BCUT2D eigenvalue weighted by molar-refractivity contribution is 6.31. The van der Waals surface area contributed by atoms with Gasteiger partial charge in [0, 0.05) is 65.6 Å². The van der Waals surface area contributed by atoms with E-state index in [4.69, 9.17) is 11.6 Å². The number of amides is 1. The second-order valence-electron chi connectivity index (χ2n) is 10.1. The summed E-state index contributed by atoms with van der Waals surface area (Å²) in [6.45, 7) is 7.60. The number of carbonyl (C=O) groups excluding carboxylic acids is 1. The van der Waals surface area contributed by atoms with Gasteiger partial charge in [0.15, 0.2) is 0 Å². The number of nitrogens with one attached hydrogen (secondary N) is 1. The lowest BCUT2D eigenvalue weighted by Crippen LogP contribution is -2.42. The van der Waals surface area contributed by atoms with Crippen LogP contribution in [0.5, 0.6) is 0 Å². The Morgan fingerprint density at radius 2 is 1.83 bits per heavy atom. The number of nitrogens with zero attached hydrogens (tertiary/aromatic N) is 4. The van der Waals surface area contributed by atoms with Crippen LogP contribution in [0.3, 0.4) is 0 Å². The van der Waals surface area contributed by atoms with Crippen LogP contribution < -0.4 is 10.2 Å². The predicted molar refractivity (Wildman–Crippen MR) is 146 cm³/mol. The Labute approximate surface area is 214 Å². The summed E-state index contributed by atoms with van der Waals surface area (Å²) >= 11 is 6.57. The summed E-state index contributed by atoms with van der Waals surface area (Å²) in [5, 5.41) is 9.42. The van der Waals surface area contributed by atoms with Crippen LogP contribution in [0.1, 0.15) is 59.7 Å². The van der Waals surface area contributed by atoms with Crippen molar-refractivity contribution < 1.29 is 4.79 Å². The van der Waals surface area contributed by atoms with E-state index in [1.165, 1.54) is 12.8 Å². The number of hydrogen-bond donors (Lipinski definition) is 1. The van der Waals surface area contributed by atoms with E-state index in [0.29, 0.717) is 29.2 Å². The Kier molecular flexibility index (Phi) is 7.72. The number of carbonyl (C=O) groups is 1. The summed E-state index contributed by atoms with van der Waals surface area (Å²) in [5.41, 5.74) is 5.79. The highest BCUT2D eigenvalue weighted by atomic mass is 35.5. The van der Waals surface area contributed by atoms with Crippen LogP contribution >= 0.6 is 11.6 Å². The van der Waals surface area contributed by atoms with Gasteiger partial charge in [-0.2, -0.15) is 5.10 Å². The van der Waals surface area contributed by atoms with Crippen molar-refractivity contribution in [2.24, 2.45) is 7.05 Å². The Hall–Kier alpha value is -2.57. The van der Waals surface area contributed by atoms with Crippen molar-refractivity contribution in [3.8, 4) is 0 Å². The summed E-state index contributed by atoms with van der Waals surface area (Å²) in [4.78, 5) is 18.2. The van der Waals surface area contributed by atoms with Crippen molar-refractivity contribution in [1.82, 2.24) is 20.0 Å². The average molecular weight is 496 g/mol. The zero-order chi connectivity index (χ0) is 25.3. The van der Waals surface area contributed by atoms with Crippen LogP contribution in [0.15, 0.2) is 30.5 Å². The van der Waals surface area contributed by atoms with Gasteiger partial charge in [-0.3, -0.25) is 9.48 Å². The van der Waals surface area contributed by atoms with Crippen LogP contribution in [-0.4, -0.2) is 53.3 Å². The maximum absolute atomic E-state index is 13.4. The fourth-order valence-corrected chi connectivity index (χ4v) is 5.78. The lowest BCUT2D eigenvalue weighted by molar-refractivity contribution is 0.0950. The normalized spacial score (nSPS) is 18.3. The SMILES string of the molecule is CCN(c1cc(Cl)cc(C(=O)NCc2c(C)ccc3cn(C)nc23)c1C)[C@H]1CC[C@H](N(C)C)CC1. The van der Waals surface area contributed by atoms with Gasteiger partial charge in [0.2, 0.25) is 0 Å². The number of aromatic nitrogens is 2. The molecule has 0 unspecified atom stereocenters. The minimum absolute atomic E-state index is 0.106. The molecule has 3 aromatic rings. The molecule has 1 aromatic heterocycles. The first-order valence-electron chi connectivity index (χ1n) is 12.6. The lowest BCUT2D eigenvalue weighted by Gasteiger charge is -2.40. The second-order valence-corrected chi connectivity index (χ2v) is 10.5. The second kappa shape index (κ2) is 10.6. The Balaban J connectivity index is 1.56. The molecule has 0 bridgehead atoms. The molecule has 7 heteroatoms. The molecule has 35 heavy (non-hydrogen) atoms. The number of fused-ring (bicyclic) bond motifs is 1. The topological polar surface area (TPSA) is 53.4 Å². The molecule has 0 atom stereocenters. The predicted octanol–water partition coefficient (Wildman–Crippen LogP) is 5.47. The van der Waals surface area contributed by atoms with Gasteiger partial charge < -0.3 is 15.1 Å². The van der Waals surface area contributed by atoms with Gasteiger partial charge in [0.1, 0.15) is 0 Å². The molecule has 1 N–H and O–H groups in total. The fourth-order valence-electron chi connectivity index (χ4n) is 5.56. The molecule has 1 aliphatic rings. The van der Waals surface area contributed by atoms with Crippen molar-refractivity contribution in [3.05, 3.63) is 57.7 Å². The molecule has 1 fully saturated rings. The third-order valence-electron chi connectivity index (χ3n) is 7.63. The molecule has 0 radical (unpaired) electrons. The van der Waals surface area contributed by atoms with Gasteiger partial charge in [0.25, 0.3) is 5.91 Å². The third-order valence-corrected chi connectivity index (χ3v) is 7.85. The van der Waals surface area contributed by atoms with Gasteiger partial charge in [0.05, 0.1) is 5.52 Å². The van der Waals surface area contributed by atoms with E-state index >= 15 is 0 Å². The molecule has 0 spiro atoms.